The topological polar surface area (TPSA) is 43.1 Å². The Morgan fingerprint density at radius 1 is 1.12 bits per heavy atom. The van der Waals surface area contributed by atoms with Crippen molar-refractivity contribution in [2.45, 2.75) is 40.0 Å². The number of amides is 1. The first-order chi connectivity index (χ1) is 7.60. The maximum absolute atomic E-state index is 10.7. The lowest BCUT2D eigenvalue weighted by molar-refractivity contribution is -0.924. The maximum atomic E-state index is 10.7. The van der Waals surface area contributed by atoms with Crippen molar-refractivity contribution < 1.29 is 9.28 Å². The minimum absolute atomic E-state index is 0.249. The number of carbonyl (C=O) groups is 1. The highest BCUT2D eigenvalue weighted by Gasteiger charge is 2.23. The van der Waals surface area contributed by atoms with Gasteiger partial charge in [-0.15, -0.1) is 0 Å². The van der Waals surface area contributed by atoms with Gasteiger partial charge in [-0.25, -0.2) is 0 Å². The van der Waals surface area contributed by atoms with Crippen molar-refractivity contribution in [1.82, 2.24) is 0 Å². The maximum Gasteiger partial charge on any atom is 0.276 e. The van der Waals surface area contributed by atoms with Crippen molar-refractivity contribution in [3.05, 3.63) is 0 Å². The largest absolute Gasteiger partial charge is 0.361 e. The van der Waals surface area contributed by atoms with Crippen LogP contribution >= 0.6 is 11.8 Å². The number of hydrogen-bond acceptors (Lipinski definition) is 2. The van der Waals surface area contributed by atoms with E-state index in [4.69, 9.17) is 5.73 Å². The van der Waals surface area contributed by atoms with Gasteiger partial charge in [0.15, 0.2) is 0 Å². The number of quaternary nitrogens is 1. The second kappa shape index (κ2) is 8.88. The number of nitrogens with two attached hydrogens (primary N) is 1. The molecule has 0 aliphatic heterocycles. The first kappa shape index (κ1) is 15.8. The fourth-order valence-electron chi connectivity index (χ4n) is 2.12. The third-order valence-corrected chi connectivity index (χ3v) is 3.84. The molecule has 0 aliphatic rings. The summed E-state index contributed by atoms with van der Waals surface area (Å²) in [6.07, 6.45) is 3.72. The molecule has 1 amide bonds. The summed E-state index contributed by atoms with van der Waals surface area (Å²) in [5.41, 5.74) is 5.15. The fourth-order valence-corrected chi connectivity index (χ4v) is 2.80. The van der Waals surface area contributed by atoms with Crippen molar-refractivity contribution in [3.8, 4) is 0 Å². The lowest BCUT2D eigenvalue weighted by Crippen LogP contribution is -2.50. The van der Waals surface area contributed by atoms with Crippen molar-refractivity contribution in [2.75, 3.05) is 31.9 Å². The van der Waals surface area contributed by atoms with E-state index in [0.717, 1.165) is 23.3 Å². The molecule has 0 heterocycles. The number of unbranched alkanes of at least 4 members (excludes halogenated alkanes) is 1. The smallest absolute Gasteiger partial charge is 0.276 e. The third-order valence-electron chi connectivity index (χ3n) is 3.16. The average Bonchev–Trinajstić information content (AvgIpc) is 2.25. The Morgan fingerprint density at radius 2 is 1.81 bits per heavy atom. The van der Waals surface area contributed by atoms with E-state index < -0.39 is 0 Å². The van der Waals surface area contributed by atoms with E-state index in [9.17, 15) is 4.79 Å². The summed E-state index contributed by atoms with van der Waals surface area (Å²) < 4.78 is 1.14. The van der Waals surface area contributed by atoms with E-state index in [-0.39, 0.29) is 5.24 Å². The van der Waals surface area contributed by atoms with E-state index in [0.29, 0.717) is 0 Å². The Kier molecular flexibility index (Phi) is 8.76. The van der Waals surface area contributed by atoms with Crippen LogP contribution in [0, 0.1) is 0 Å². The van der Waals surface area contributed by atoms with E-state index in [1.54, 1.807) is 0 Å². The summed E-state index contributed by atoms with van der Waals surface area (Å²) in [7, 11) is 0. The summed E-state index contributed by atoms with van der Waals surface area (Å²) in [6.45, 7) is 11.4. The van der Waals surface area contributed by atoms with Gasteiger partial charge < -0.3 is 10.2 Å². The predicted molar refractivity (Wildman–Crippen MR) is 72.6 cm³/mol. The molecule has 0 fully saturated rings. The van der Waals surface area contributed by atoms with Crippen molar-refractivity contribution in [1.29, 1.82) is 0 Å². The molecule has 0 spiro atoms. The summed E-state index contributed by atoms with van der Waals surface area (Å²) in [6, 6.07) is 0. The second-order valence-electron chi connectivity index (χ2n) is 4.35. The predicted octanol–water partition coefficient (Wildman–Crippen LogP) is 2.85. The van der Waals surface area contributed by atoms with Crippen LogP contribution in [0.15, 0.2) is 0 Å². The zero-order valence-corrected chi connectivity index (χ0v) is 11.8. The van der Waals surface area contributed by atoms with Crippen molar-refractivity contribution in [3.63, 3.8) is 0 Å². The third kappa shape index (κ3) is 6.38. The van der Waals surface area contributed by atoms with Crippen LogP contribution in [0.4, 0.5) is 4.79 Å². The van der Waals surface area contributed by atoms with E-state index >= 15 is 0 Å². The van der Waals surface area contributed by atoms with Gasteiger partial charge in [0.1, 0.15) is 0 Å². The number of nitrogens with zero attached hydrogens (tertiary/aromatic N) is 1. The van der Waals surface area contributed by atoms with Crippen LogP contribution < -0.4 is 5.73 Å². The molecule has 2 N–H and O–H groups in total. The van der Waals surface area contributed by atoms with E-state index in [1.165, 1.54) is 44.1 Å². The lowest BCUT2D eigenvalue weighted by Gasteiger charge is -2.37. The van der Waals surface area contributed by atoms with E-state index in [1.807, 2.05) is 0 Å². The van der Waals surface area contributed by atoms with Gasteiger partial charge in [-0.3, -0.25) is 4.79 Å². The van der Waals surface area contributed by atoms with Crippen LogP contribution in [0.1, 0.15) is 40.0 Å². The molecule has 4 heteroatoms. The molecule has 3 nitrogen and oxygen atoms in total. The Morgan fingerprint density at radius 3 is 2.25 bits per heavy atom. The number of thioether (sulfide) groups is 1. The monoisotopic (exact) mass is 247 g/mol. The Balaban J connectivity index is 4.19. The molecule has 0 aromatic rings. The highest BCUT2D eigenvalue weighted by Crippen LogP contribution is 2.13. The molecule has 0 aromatic heterocycles. The summed E-state index contributed by atoms with van der Waals surface area (Å²) in [5.74, 6) is 0.854. The number of primary amides is 1. The second-order valence-corrected chi connectivity index (χ2v) is 5.45. The van der Waals surface area contributed by atoms with E-state index in [2.05, 4.69) is 20.8 Å². The van der Waals surface area contributed by atoms with Gasteiger partial charge in [0.2, 0.25) is 0 Å². The van der Waals surface area contributed by atoms with Gasteiger partial charge in [0, 0.05) is 0 Å². The Bertz CT molecular complexity index is 199. The zero-order chi connectivity index (χ0) is 12.4. The fraction of sp³-hybridized carbons (Fsp3) is 0.917. The highest BCUT2D eigenvalue weighted by molar-refractivity contribution is 8.13. The first-order valence-electron chi connectivity index (χ1n) is 6.37. The quantitative estimate of drug-likeness (QED) is 0.637. The molecular weight excluding hydrogens is 220 g/mol. The number of hydrogen-bond donors (Lipinski definition) is 1. The Labute approximate surface area is 104 Å². The minimum atomic E-state index is -0.249. The zero-order valence-electron chi connectivity index (χ0n) is 11.0. The molecule has 0 saturated carbocycles. The van der Waals surface area contributed by atoms with Crippen molar-refractivity contribution in [2.24, 2.45) is 5.73 Å². The van der Waals surface area contributed by atoms with Gasteiger partial charge >= 0.3 is 0 Å². The summed E-state index contributed by atoms with van der Waals surface area (Å²) in [5, 5.41) is -0.249. The molecule has 0 rings (SSSR count). The van der Waals surface area contributed by atoms with Crippen molar-refractivity contribution >= 4 is 17.0 Å². The molecule has 1 unspecified atom stereocenters. The highest BCUT2D eigenvalue weighted by atomic mass is 32.2. The molecule has 0 radical (unpaired) electrons. The molecule has 0 aliphatic carbocycles. The standard InChI is InChI=1S/C12H26N2OS/c1-4-7-9-14(6-3,8-5-2)10-11-16-12(13)15/h4-11H2,1-3H3,(H-,13,15)/p+1. The van der Waals surface area contributed by atoms with Crippen LogP contribution in [0.5, 0.6) is 0 Å². The van der Waals surface area contributed by atoms with Gasteiger partial charge in [-0.05, 0) is 19.8 Å². The first-order valence-corrected chi connectivity index (χ1v) is 7.36. The molecular formula is C12H27N2OS+. The SMILES string of the molecule is CCCC[N+](CC)(CCC)CCSC(N)=O. The number of carbonyl (C=O) groups excluding carboxylic acids is 1. The molecule has 0 bridgehead atoms. The minimum Gasteiger partial charge on any atom is -0.361 e. The molecule has 1 atom stereocenters. The van der Waals surface area contributed by atoms with Crippen LogP contribution in [-0.2, 0) is 0 Å². The summed E-state index contributed by atoms with van der Waals surface area (Å²) in [4.78, 5) is 10.7. The van der Waals surface area contributed by atoms with Crippen LogP contribution in [0.25, 0.3) is 0 Å². The van der Waals surface area contributed by atoms with Crippen LogP contribution in [0.3, 0.4) is 0 Å². The van der Waals surface area contributed by atoms with Gasteiger partial charge in [-0.2, -0.15) is 0 Å². The summed E-state index contributed by atoms with van der Waals surface area (Å²) >= 11 is 1.26. The lowest BCUT2D eigenvalue weighted by atomic mass is 10.2. The van der Waals surface area contributed by atoms with Gasteiger partial charge in [0.25, 0.3) is 5.24 Å². The van der Waals surface area contributed by atoms with Gasteiger partial charge in [0.05, 0.1) is 31.9 Å². The average molecular weight is 247 g/mol. The number of rotatable bonds is 9. The molecule has 96 valence electrons. The molecule has 0 aromatic carbocycles. The molecule has 16 heavy (non-hydrogen) atoms. The van der Waals surface area contributed by atoms with Crippen LogP contribution in [0.2, 0.25) is 0 Å². The Hall–Kier alpha value is -0.220. The normalized spacial score (nSPS) is 14.7. The van der Waals surface area contributed by atoms with Crippen LogP contribution in [-0.4, -0.2) is 41.7 Å². The van der Waals surface area contributed by atoms with Gasteiger partial charge in [-0.1, -0.05) is 32.0 Å². The molecule has 0 saturated heterocycles.